The second-order valence-electron chi connectivity index (χ2n) is 4.29. The van der Waals surface area contributed by atoms with Crippen molar-refractivity contribution in [2.24, 2.45) is 7.05 Å². The molecule has 0 aliphatic heterocycles. The van der Waals surface area contributed by atoms with E-state index in [2.05, 4.69) is 71.5 Å². The van der Waals surface area contributed by atoms with E-state index in [-0.39, 0.29) is 5.41 Å². The molecule has 0 saturated carbocycles. The second kappa shape index (κ2) is 5.93. The average Bonchev–Trinajstić information content (AvgIpc) is 2.82. The summed E-state index contributed by atoms with van der Waals surface area (Å²) in [5.41, 5.74) is 1.22. The van der Waals surface area contributed by atoms with Gasteiger partial charge in [0.05, 0.1) is 7.05 Å². The maximum atomic E-state index is 4.27. The van der Waals surface area contributed by atoms with Gasteiger partial charge in [0.1, 0.15) is 0 Å². The zero-order valence-electron chi connectivity index (χ0n) is 10.1. The molecular weight excluding hydrogens is 360 g/mol. The highest BCUT2D eigenvalue weighted by atomic mass is 79.9. The van der Waals surface area contributed by atoms with Gasteiger partial charge in [-0.15, -0.1) is 10.2 Å². The first kappa shape index (κ1) is 13.7. The fraction of sp³-hybridized carbons (Fsp3) is 0.417. The third-order valence-electron chi connectivity index (χ3n) is 2.94. The lowest BCUT2D eigenvalue weighted by Gasteiger charge is -2.29. The molecule has 6 heteroatoms. The van der Waals surface area contributed by atoms with Crippen LogP contribution in [0.2, 0.25) is 0 Å². The van der Waals surface area contributed by atoms with Crippen molar-refractivity contribution < 1.29 is 0 Å². The van der Waals surface area contributed by atoms with Crippen LogP contribution in [-0.2, 0) is 18.9 Å². The summed E-state index contributed by atoms with van der Waals surface area (Å²) in [4.78, 5) is 1.49. The Hall–Kier alpha value is -0.750. The van der Waals surface area contributed by atoms with Crippen LogP contribution in [0.5, 0.6) is 0 Å². The monoisotopic (exact) mass is 372 g/mol. The zero-order chi connectivity index (χ0) is 13.0. The molecule has 2 aromatic rings. The predicted octanol–water partition coefficient (Wildman–Crippen LogP) is 2.48. The molecule has 0 aliphatic rings. The Kier molecular flexibility index (Phi) is 4.50. The Morgan fingerprint density at radius 3 is 2.33 bits per heavy atom. The van der Waals surface area contributed by atoms with Crippen LogP contribution in [0.25, 0.3) is 0 Å². The summed E-state index contributed by atoms with van der Waals surface area (Å²) >= 11 is 7.24. The topological polar surface area (TPSA) is 43.6 Å². The molecule has 0 spiro atoms. The van der Waals surface area contributed by atoms with Gasteiger partial charge in [0, 0.05) is 22.5 Å². The van der Waals surface area contributed by atoms with Gasteiger partial charge in [-0.1, -0.05) is 62.2 Å². The van der Waals surface area contributed by atoms with Crippen LogP contribution in [0, 0.1) is 0 Å². The van der Waals surface area contributed by atoms with Crippen LogP contribution in [0.1, 0.15) is 11.4 Å². The van der Waals surface area contributed by atoms with E-state index in [1.807, 2.05) is 6.07 Å². The molecular formula is C12H14Br2N4. The van der Waals surface area contributed by atoms with Crippen LogP contribution in [0.4, 0.5) is 0 Å². The van der Waals surface area contributed by atoms with Crippen molar-refractivity contribution in [2.45, 2.75) is 11.8 Å². The van der Waals surface area contributed by atoms with Gasteiger partial charge in [-0.25, -0.2) is 0 Å². The number of hydrogen-bond acceptors (Lipinski definition) is 3. The van der Waals surface area contributed by atoms with E-state index in [1.54, 1.807) is 7.05 Å². The number of nitrogens with zero attached hydrogens (tertiary/aromatic N) is 4. The molecule has 4 nitrogen and oxygen atoms in total. The van der Waals surface area contributed by atoms with Crippen LogP contribution in [0.3, 0.4) is 0 Å². The number of rotatable bonds is 5. The van der Waals surface area contributed by atoms with Crippen molar-refractivity contribution in [1.82, 2.24) is 20.2 Å². The standard InChI is InChI=1S/C12H14Br2N4/c1-18-16-11(15-17-18)7-12(8-13,9-14)10-5-3-2-4-6-10/h2-6H,7-9H2,1H3. The molecule has 2 rings (SSSR count). The molecule has 1 heterocycles. The van der Waals surface area contributed by atoms with Crippen LogP contribution >= 0.6 is 31.9 Å². The number of hydrogen-bond donors (Lipinski definition) is 0. The van der Waals surface area contributed by atoms with Gasteiger partial charge in [0.2, 0.25) is 0 Å². The highest BCUT2D eigenvalue weighted by molar-refractivity contribution is 9.09. The molecule has 0 aliphatic carbocycles. The molecule has 0 fully saturated rings. The van der Waals surface area contributed by atoms with E-state index in [0.29, 0.717) is 0 Å². The minimum Gasteiger partial charge on any atom is -0.167 e. The van der Waals surface area contributed by atoms with Crippen molar-refractivity contribution in [2.75, 3.05) is 10.7 Å². The maximum absolute atomic E-state index is 4.27. The molecule has 0 atom stereocenters. The lowest BCUT2D eigenvalue weighted by Crippen LogP contribution is -2.33. The number of aryl methyl sites for hydroxylation is 1. The van der Waals surface area contributed by atoms with Gasteiger partial charge < -0.3 is 0 Å². The predicted molar refractivity (Wildman–Crippen MR) is 78.2 cm³/mol. The summed E-state index contributed by atoms with van der Waals surface area (Å²) in [5, 5.41) is 13.9. The van der Waals surface area contributed by atoms with Crippen molar-refractivity contribution in [3.05, 3.63) is 41.7 Å². The molecule has 1 aromatic carbocycles. The van der Waals surface area contributed by atoms with Crippen molar-refractivity contribution in [3.8, 4) is 0 Å². The summed E-state index contributed by atoms with van der Waals surface area (Å²) in [7, 11) is 1.78. The molecule has 0 unspecified atom stereocenters. The lowest BCUT2D eigenvalue weighted by atomic mass is 9.81. The van der Waals surface area contributed by atoms with E-state index >= 15 is 0 Å². The van der Waals surface area contributed by atoms with Gasteiger partial charge in [0.25, 0.3) is 0 Å². The molecule has 1 aromatic heterocycles. The fourth-order valence-corrected chi connectivity index (χ4v) is 3.85. The van der Waals surface area contributed by atoms with Crippen LogP contribution in [-0.4, -0.2) is 30.9 Å². The van der Waals surface area contributed by atoms with Gasteiger partial charge in [-0.2, -0.15) is 4.80 Å². The molecule has 0 saturated heterocycles. The van der Waals surface area contributed by atoms with Crippen molar-refractivity contribution in [1.29, 1.82) is 0 Å². The van der Waals surface area contributed by atoms with E-state index in [0.717, 1.165) is 22.9 Å². The first-order valence-electron chi connectivity index (χ1n) is 5.60. The molecule has 96 valence electrons. The summed E-state index contributed by atoms with van der Waals surface area (Å²) in [6, 6.07) is 10.4. The first-order valence-corrected chi connectivity index (χ1v) is 7.85. The normalized spacial score (nSPS) is 11.7. The molecule has 0 amide bonds. The maximum Gasteiger partial charge on any atom is 0.175 e. The number of alkyl halides is 2. The Morgan fingerprint density at radius 2 is 1.83 bits per heavy atom. The Balaban J connectivity index is 2.32. The van der Waals surface area contributed by atoms with Gasteiger partial charge in [-0.3, -0.25) is 0 Å². The number of aromatic nitrogens is 4. The highest BCUT2D eigenvalue weighted by Gasteiger charge is 2.32. The summed E-state index contributed by atoms with van der Waals surface area (Å²) in [6.07, 6.45) is 0.751. The lowest BCUT2D eigenvalue weighted by molar-refractivity contribution is 0.530. The SMILES string of the molecule is Cn1nnc(CC(CBr)(CBr)c2ccccc2)n1. The Morgan fingerprint density at radius 1 is 1.17 bits per heavy atom. The van der Waals surface area contributed by atoms with Crippen molar-refractivity contribution >= 4 is 31.9 Å². The third kappa shape index (κ3) is 2.80. The first-order chi connectivity index (χ1) is 8.70. The summed E-state index contributed by atoms with van der Waals surface area (Å²) in [6.45, 7) is 0. The smallest absolute Gasteiger partial charge is 0.167 e. The molecule has 18 heavy (non-hydrogen) atoms. The third-order valence-corrected chi connectivity index (χ3v) is 5.09. The van der Waals surface area contributed by atoms with Crippen molar-refractivity contribution in [3.63, 3.8) is 0 Å². The minimum absolute atomic E-state index is 0.0513. The van der Waals surface area contributed by atoms with E-state index in [4.69, 9.17) is 0 Å². The molecule has 0 N–H and O–H groups in total. The number of halogens is 2. The fourth-order valence-electron chi connectivity index (χ4n) is 1.88. The largest absolute Gasteiger partial charge is 0.175 e. The number of benzene rings is 1. The average molecular weight is 374 g/mol. The zero-order valence-corrected chi connectivity index (χ0v) is 13.2. The quantitative estimate of drug-likeness (QED) is 0.756. The van der Waals surface area contributed by atoms with Crippen LogP contribution < -0.4 is 0 Å². The second-order valence-corrected chi connectivity index (χ2v) is 5.41. The summed E-state index contributed by atoms with van der Waals surface area (Å²) < 4.78 is 0. The Bertz CT molecular complexity index is 494. The van der Waals surface area contributed by atoms with Gasteiger partial charge in [-0.05, 0) is 10.8 Å². The minimum atomic E-state index is -0.0513. The van der Waals surface area contributed by atoms with Gasteiger partial charge >= 0.3 is 0 Å². The Labute approximate surface area is 123 Å². The van der Waals surface area contributed by atoms with E-state index < -0.39 is 0 Å². The highest BCUT2D eigenvalue weighted by Crippen LogP contribution is 2.31. The molecule has 0 bridgehead atoms. The van der Waals surface area contributed by atoms with E-state index in [1.165, 1.54) is 10.4 Å². The van der Waals surface area contributed by atoms with E-state index in [9.17, 15) is 0 Å². The number of tetrazole rings is 1. The summed E-state index contributed by atoms with van der Waals surface area (Å²) in [5.74, 6) is 0.764. The van der Waals surface area contributed by atoms with Crippen LogP contribution in [0.15, 0.2) is 30.3 Å². The van der Waals surface area contributed by atoms with Gasteiger partial charge in [0.15, 0.2) is 5.82 Å². The molecule has 0 radical (unpaired) electrons.